The van der Waals surface area contributed by atoms with E-state index in [-0.39, 0.29) is 16.8 Å². The van der Waals surface area contributed by atoms with E-state index in [1.807, 2.05) is 46.9 Å². The van der Waals surface area contributed by atoms with Crippen molar-refractivity contribution in [3.63, 3.8) is 0 Å². The lowest BCUT2D eigenvalue weighted by molar-refractivity contribution is 0.353. The molecule has 6 aromatic rings. The number of nitriles is 2. The van der Waals surface area contributed by atoms with Crippen molar-refractivity contribution in [2.45, 2.75) is 37.5 Å². The maximum Gasteiger partial charge on any atom is 0.263 e. The Labute approximate surface area is 282 Å². The lowest BCUT2D eigenvalue weighted by Crippen LogP contribution is -2.28. The van der Waals surface area contributed by atoms with Crippen molar-refractivity contribution in [1.82, 2.24) is 0 Å². The summed E-state index contributed by atoms with van der Waals surface area (Å²) in [6.07, 6.45) is 9.43. The van der Waals surface area contributed by atoms with Crippen LogP contribution < -0.4 is 0 Å². The lowest BCUT2D eigenvalue weighted by Gasteiger charge is -2.36. The zero-order chi connectivity index (χ0) is 31.4. The van der Waals surface area contributed by atoms with E-state index >= 15 is 0 Å². The van der Waals surface area contributed by atoms with Gasteiger partial charge in [-0.3, -0.25) is 0 Å². The van der Waals surface area contributed by atoms with E-state index in [9.17, 15) is 10.5 Å². The maximum atomic E-state index is 9.17. The Morgan fingerprint density at radius 2 is 1.11 bits per heavy atom. The Morgan fingerprint density at radius 1 is 0.630 bits per heavy atom. The molecule has 0 saturated heterocycles. The summed E-state index contributed by atoms with van der Waals surface area (Å²) < 4.78 is 2.55. The molecule has 0 unspecified atom stereocenters. The summed E-state index contributed by atoms with van der Waals surface area (Å²) in [7, 11) is 0. The van der Waals surface area contributed by atoms with E-state index in [0.29, 0.717) is 0 Å². The highest BCUT2D eigenvalue weighted by Gasteiger charge is 2.44. The van der Waals surface area contributed by atoms with Gasteiger partial charge in [0.2, 0.25) is 0 Å². The summed E-state index contributed by atoms with van der Waals surface area (Å²) in [5.74, 6) is 0. The van der Waals surface area contributed by atoms with Crippen molar-refractivity contribution in [3.05, 3.63) is 116 Å². The van der Waals surface area contributed by atoms with Crippen LogP contribution in [0.3, 0.4) is 0 Å². The first-order chi connectivity index (χ1) is 22.5. The first-order valence-electron chi connectivity index (χ1n) is 14.9. The third-order valence-electron chi connectivity index (χ3n) is 9.11. The van der Waals surface area contributed by atoms with Crippen molar-refractivity contribution in [1.29, 1.82) is 10.5 Å². The van der Waals surface area contributed by atoms with Crippen molar-refractivity contribution in [3.8, 4) is 42.8 Å². The SMILES string of the molecule is [C-]#[N+]/C(C#N)=C\c1ccc(-c2cc3cc4c(cc3s2)-c2cc3sc(-c5ccc(/C=C(\C#N)[N+]#[C-])s5)cc3cc2C42CCCCC2)s1. The Hall–Kier alpha value is -4.80. The van der Waals surface area contributed by atoms with Gasteiger partial charge in [0.1, 0.15) is 0 Å². The molecule has 2 aliphatic rings. The first-order valence-corrected chi connectivity index (χ1v) is 18.1. The zero-order valence-corrected chi connectivity index (χ0v) is 27.7. The molecule has 4 heterocycles. The van der Waals surface area contributed by atoms with E-state index in [1.165, 1.54) is 84.3 Å². The molecule has 2 aromatic carbocycles. The van der Waals surface area contributed by atoms with Gasteiger partial charge in [-0.2, -0.15) is 0 Å². The van der Waals surface area contributed by atoms with Crippen LogP contribution in [-0.4, -0.2) is 0 Å². The number of nitrogens with zero attached hydrogens (tertiary/aromatic N) is 4. The monoisotopic (exact) mass is 662 g/mol. The van der Waals surface area contributed by atoms with Gasteiger partial charge in [0.15, 0.2) is 0 Å². The number of hydrogen-bond donors (Lipinski definition) is 0. The topological polar surface area (TPSA) is 56.3 Å². The first kappa shape index (κ1) is 28.7. The molecule has 0 atom stereocenters. The molecular weight excluding hydrogens is 641 g/mol. The second-order valence-corrected chi connectivity index (χ2v) is 16.0. The van der Waals surface area contributed by atoms with E-state index in [0.717, 1.165) is 19.5 Å². The standard InChI is InChI=1S/C38H22N4S4/c1-41-24(20-39)16-26-6-8-32(43-26)36-14-22-12-30-28(18-34(22)45-36)29-19-35-23(13-31(29)38(30)10-4-3-5-11-38)15-37(46-35)33-9-7-27(44-33)17-25(21-40)42-2/h6-9,12-19H,3-5,10-11H2/b24-16-,25-17+. The second kappa shape index (κ2) is 11.2. The molecule has 2 aliphatic carbocycles. The number of rotatable bonds is 4. The van der Waals surface area contributed by atoms with Crippen LogP contribution in [0.15, 0.2) is 72.1 Å². The van der Waals surface area contributed by atoms with Gasteiger partial charge in [0, 0.05) is 44.1 Å². The smallest absolute Gasteiger partial charge is 0.227 e. The minimum Gasteiger partial charge on any atom is -0.227 e. The molecule has 218 valence electrons. The predicted octanol–water partition coefficient (Wildman–Crippen LogP) is 12.4. The van der Waals surface area contributed by atoms with Crippen molar-refractivity contribution >= 4 is 77.7 Å². The summed E-state index contributed by atoms with van der Waals surface area (Å²) in [4.78, 5) is 13.2. The van der Waals surface area contributed by atoms with E-state index in [2.05, 4.69) is 58.2 Å². The Bertz CT molecular complexity index is 2260. The Balaban J connectivity index is 1.22. The Kier molecular flexibility index (Phi) is 6.99. The molecule has 46 heavy (non-hydrogen) atoms. The average molecular weight is 663 g/mol. The van der Waals surface area contributed by atoms with Crippen molar-refractivity contribution < 1.29 is 0 Å². The second-order valence-electron chi connectivity index (χ2n) is 11.6. The molecule has 1 spiro atoms. The highest BCUT2D eigenvalue weighted by atomic mass is 32.1. The zero-order valence-electron chi connectivity index (χ0n) is 24.4. The fraction of sp³-hybridized carbons (Fsp3) is 0.158. The largest absolute Gasteiger partial charge is 0.263 e. The third kappa shape index (κ3) is 4.63. The molecular formula is C38H22N4S4. The van der Waals surface area contributed by atoms with Crippen LogP contribution in [0.2, 0.25) is 0 Å². The number of fused-ring (bicyclic) bond motifs is 7. The van der Waals surface area contributed by atoms with E-state index < -0.39 is 0 Å². The highest BCUT2D eigenvalue weighted by molar-refractivity contribution is 7.27. The summed E-state index contributed by atoms with van der Waals surface area (Å²) in [5, 5.41) is 20.9. The fourth-order valence-corrected chi connectivity index (χ4v) is 11.3. The number of benzene rings is 2. The molecule has 8 heteroatoms. The number of hydrogen-bond acceptors (Lipinski definition) is 6. The fourth-order valence-electron chi connectivity index (χ4n) is 7.07. The van der Waals surface area contributed by atoms with Gasteiger partial charge in [0.05, 0.1) is 25.3 Å². The van der Waals surface area contributed by atoms with Gasteiger partial charge in [0.25, 0.3) is 11.4 Å². The summed E-state index contributed by atoms with van der Waals surface area (Å²) in [5.41, 5.74) is 5.94. The molecule has 1 fully saturated rings. The molecule has 0 radical (unpaired) electrons. The average Bonchev–Trinajstić information content (AvgIpc) is 3.92. The molecule has 8 rings (SSSR count). The summed E-state index contributed by atoms with van der Waals surface area (Å²) >= 11 is 6.86. The molecule has 4 nitrogen and oxygen atoms in total. The van der Waals surface area contributed by atoms with Crippen molar-refractivity contribution in [2.75, 3.05) is 0 Å². The molecule has 0 amide bonds. The molecule has 4 aromatic heterocycles. The summed E-state index contributed by atoms with van der Waals surface area (Å²) in [6.45, 7) is 14.4. The quantitative estimate of drug-likeness (QED) is 0.139. The van der Waals surface area contributed by atoms with Crippen LogP contribution in [0.25, 0.3) is 72.6 Å². The van der Waals surface area contributed by atoms with Crippen LogP contribution >= 0.6 is 45.3 Å². The third-order valence-corrected chi connectivity index (χ3v) is 13.8. The van der Waals surface area contributed by atoms with Crippen LogP contribution in [0.5, 0.6) is 0 Å². The van der Waals surface area contributed by atoms with E-state index in [4.69, 9.17) is 13.1 Å². The molecule has 0 N–H and O–H groups in total. The maximum absolute atomic E-state index is 9.17. The lowest BCUT2D eigenvalue weighted by atomic mass is 9.67. The van der Waals surface area contributed by atoms with Gasteiger partial charge in [-0.25, -0.2) is 20.2 Å². The number of allylic oxidation sites excluding steroid dienone is 2. The van der Waals surface area contributed by atoms with Crippen LogP contribution in [0, 0.1) is 35.8 Å². The summed E-state index contributed by atoms with van der Waals surface area (Å²) in [6, 6.07) is 26.5. The van der Waals surface area contributed by atoms with Gasteiger partial charge in [-0.1, -0.05) is 19.3 Å². The molecule has 1 saturated carbocycles. The highest BCUT2D eigenvalue weighted by Crippen LogP contribution is 2.58. The van der Waals surface area contributed by atoms with Gasteiger partial charge >= 0.3 is 0 Å². The molecule has 0 bridgehead atoms. The predicted molar refractivity (Wildman–Crippen MR) is 194 cm³/mol. The van der Waals surface area contributed by atoms with Crippen molar-refractivity contribution in [2.24, 2.45) is 0 Å². The van der Waals surface area contributed by atoms with E-state index in [1.54, 1.807) is 34.8 Å². The minimum absolute atomic E-state index is 0.0399. The minimum atomic E-state index is 0.0399. The number of thiophene rings is 4. The van der Waals surface area contributed by atoms with Crippen LogP contribution in [-0.2, 0) is 5.41 Å². The molecule has 0 aliphatic heterocycles. The van der Waals surface area contributed by atoms with Crippen LogP contribution in [0.4, 0.5) is 0 Å². The van der Waals surface area contributed by atoms with Gasteiger partial charge in [-0.15, -0.1) is 45.3 Å². The normalized spacial score (nSPS) is 15.3. The van der Waals surface area contributed by atoms with Gasteiger partial charge in [-0.05, 0) is 119 Å². The van der Waals surface area contributed by atoms with Gasteiger partial charge < -0.3 is 0 Å². The van der Waals surface area contributed by atoms with Crippen LogP contribution in [0.1, 0.15) is 53.0 Å². The Morgan fingerprint density at radius 3 is 1.54 bits per heavy atom.